The number of amides is 1. The summed E-state index contributed by atoms with van der Waals surface area (Å²) >= 11 is 0. The van der Waals surface area contributed by atoms with Gasteiger partial charge >= 0.3 is 0 Å². The number of carbonyl (C=O) groups is 1. The number of fused-ring (bicyclic) bond motifs is 1. The minimum atomic E-state index is -0.391. The summed E-state index contributed by atoms with van der Waals surface area (Å²) in [5.41, 5.74) is 2.21. The number of piperazine rings is 1. The molecule has 4 rings (SSSR count). The fourth-order valence-corrected chi connectivity index (χ4v) is 4.09. The quantitative estimate of drug-likeness (QED) is 0.837. The third-order valence-corrected chi connectivity index (χ3v) is 5.53. The average Bonchev–Trinajstić information content (AvgIpc) is 3.01. The number of aliphatic hydroxyl groups is 1. The molecule has 0 bridgehead atoms. The molecule has 0 unspecified atom stereocenters. The zero-order valence-electron chi connectivity index (χ0n) is 15.0. The van der Waals surface area contributed by atoms with Crippen LogP contribution < -0.4 is 5.32 Å². The van der Waals surface area contributed by atoms with Crippen LogP contribution in [0.15, 0.2) is 36.5 Å². The Morgan fingerprint density at radius 3 is 2.85 bits per heavy atom. The van der Waals surface area contributed by atoms with E-state index in [1.807, 2.05) is 35.4 Å². The molecule has 1 amide bonds. The zero-order valence-corrected chi connectivity index (χ0v) is 15.0. The minimum absolute atomic E-state index is 0.150. The number of pyridine rings is 1. The van der Waals surface area contributed by atoms with E-state index in [4.69, 9.17) is 0 Å². The monoisotopic (exact) mass is 354 g/mol. The van der Waals surface area contributed by atoms with Crippen molar-refractivity contribution in [3.63, 3.8) is 0 Å². The maximum absolute atomic E-state index is 12.5. The molecule has 1 aromatic heterocycles. The SMILES string of the molecule is O=C(CN1C[C@@H](Cc2ccnc3ccccc23)[C@H](O)C1)N1CCNCC1. The third kappa shape index (κ3) is 3.72. The smallest absolute Gasteiger partial charge is 0.236 e. The van der Waals surface area contributed by atoms with Gasteiger partial charge in [-0.3, -0.25) is 14.7 Å². The lowest BCUT2D eigenvalue weighted by molar-refractivity contribution is -0.132. The van der Waals surface area contributed by atoms with Crippen molar-refractivity contribution in [3.8, 4) is 0 Å². The Kier molecular flexibility index (Phi) is 5.15. The van der Waals surface area contributed by atoms with Gasteiger partial charge in [0.25, 0.3) is 0 Å². The zero-order chi connectivity index (χ0) is 17.9. The molecular weight excluding hydrogens is 328 g/mol. The van der Waals surface area contributed by atoms with E-state index in [2.05, 4.69) is 21.3 Å². The van der Waals surface area contributed by atoms with E-state index >= 15 is 0 Å². The molecule has 0 spiro atoms. The lowest BCUT2D eigenvalue weighted by Crippen LogP contribution is -2.49. The van der Waals surface area contributed by atoms with Crippen molar-refractivity contribution in [3.05, 3.63) is 42.1 Å². The molecule has 2 atom stereocenters. The molecule has 6 nitrogen and oxygen atoms in total. The number of benzene rings is 1. The second-order valence-corrected chi connectivity index (χ2v) is 7.34. The maximum atomic E-state index is 12.5. The van der Waals surface area contributed by atoms with Gasteiger partial charge in [-0.2, -0.15) is 0 Å². The number of rotatable bonds is 4. The van der Waals surface area contributed by atoms with Crippen LogP contribution in [0.4, 0.5) is 0 Å². The fourth-order valence-electron chi connectivity index (χ4n) is 4.09. The summed E-state index contributed by atoms with van der Waals surface area (Å²) in [5, 5.41) is 14.9. The van der Waals surface area contributed by atoms with Crippen LogP contribution in [0.5, 0.6) is 0 Å². The van der Waals surface area contributed by atoms with Crippen molar-refractivity contribution in [2.24, 2.45) is 5.92 Å². The van der Waals surface area contributed by atoms with Crippen LogP contribution in [0.1, 0.15) is 5.56 Å². The van der Waals surface area contributed by atoms with Crippen LogP contribution in [0.2, 0.25) is 0 Å². The molecule has 3 heterocycles. The second-order valence-electron chi connectivity index (χ2n) is 7.34. The number of β-amino-alcohol motifs (C(OH)–C–C–N with tert-alkyl or cyclic N) is 1. The first-order valence-electron chi connectivity index (χ1n) is 9.42. The van der Waals surface area contributed by atoms with Gasteiger partial charge in [0.2, 0.25) is 5.91 Å². The summed E-state index contributed by atoms with van der Waals surface area (Å²) < 4.78 is 0. The Labute approximate surface area is 153 Å². The van der Waals surface area contributed by atoms with Crippen molar-refractivity contribution >= 4 is 16.8 Å². The van der Waals surface area contributed by atoms with Crippen molar-refractivity contribution in [2.45, 2.75) is 12.5 Å². The van der Waals surface area contributed by atoms with Crippen LogP contribution in [0, 0.1) is 5.92 Å². The van der Waals surface area contributed by atoms with E-state index in [0.717, 1.165) is 50.0 Å². The number of aromatic nitrogens is 1. The van der Waals surface area contributed by atoms with Crippen molar-refractivity contribution in [2.75, 3.05) is 45.8 Å². The van der Waals surface area contributed by atoms with Crippen LogP contribution in [-0.2, 0) is 11.2 Å². The summed E-state index contributed by atoms with van der Waals surface area (Å²) in [5.74, 6) is 0.324. The number of hydrogen-bond donors (Lipinski definition) is 2. The molecule has 0 radical (unpaired) electrons. The second kappa shape index (κ2) is 7.70. The number of nitrogens with one attached hydrogen (secondary N) is 1. The van der Waals surface area contributed by atoms with E-state index in [0.29, 0.717) is 13.1 Å². The van der Waals surface area contributed by atoms with Gasteiger partial charge in [-0.15, -0.1) is 0 Å². The molecule has 0 saturated carbocycles. The molecular formula is C20H26N4O2. The molecule has 2 aliphatic heterocycles. The molecule has 2 fully saturated rings. The first-order valence-corrected chi connectivity index (χ1v) is 9.42. The van der Waals surface area contributed by atoms with E-state index < -0.39 is 6.10 Å². The highest BCUT2D eigenvalue weighted by molar-refractivity contribution is 5.82. The molecule has 6 heteroatoms. The molecule has 2 aromatic rings. The summed E-state index contributed by atoms with van der Waals surface area (Å²) in [7, 11) is 0. The van der Waals surface area contributed by atoms with Crippen LogP contribution in [0.25, 0.3) is 10.9 Å². The van der Waals surface area contributed by atoms with Gasteiger partial charge in [-0.05, 0) is 24.1 Å². The van der Waals surface area contributed by atoms with E-state index in [1.165, 1.54) is 5.56 Å². The summed E-state index contributed by atoms with van der Waals surface area (Å²) in [4.78, 5) is 20.9. The normalized spacial score (nSPS) is 24.3. The molecule has 2 N–H and O–H groups in total. The standard InChI is InChI=1S/C20H26N4O2/c25-19-13-23(14-20(26)24-9-7-21-8-10-24)12-16(19)11-15-5-6-22-18-4-2-1-3-17(15)18/h1-6,16,19,21,25H,7-14H2/t16-,19-/m1/s1. The van der Waals surface area contributed by atoms with Gasteiger partial charge in [-0.1, -0.05) is 18.2 Å². The van der Waals surface area contributed by atoms with Gasteiger partial charge in [0.1, 0.15) is 0 Å². The van der Waals surface area contributed by atoms with Crippen LogP contribution in [0.3, 0.4) is 0 Å². The maximum Gasteiger partial charge on any atom is 0.236 e. The van der Waals surface area contributed by atoms with Gasteiger partial charge in [0, 0.05) is 56.8 Å². The van der Waals surface area contributed by atoms with Gasteiger partial charge in [0.05, 0.1) is 18.2 Å². The van der Waals surface area contributed by atoms with E-state index in [1.54, 1.807) is 0 Å². The largest absolute Gasteiger partial charge is 0.391 e. The Bertz CT molecular complexity index is 770. The van der Waals surface area contributed by atoms with Crippen LogP contribution in [-0.4, -0.2) is 77.7 Å². The Hall–Kier alpha value is -2.02. The lowest BCUT2D eigenvalue weighted by Gasteiger charge is -2.29. The highest BCUT2D eigenvalue weighted by atomic mass is 16.3. The molecule has 2 aliphatic rings. The van der Waals surface area contributed by atoms with Crippen molar-refractivity contribution in [1.82, 2.24) is 20.1 Å². The molecule has 2 saturated heterocycles. The molecule has 26 heavy (non-hydrogen) atoms. The minimum Gasteiger partial charge on any atom is -0.391 e. The fraction of sp³-hybridized carbons (Fsp3) is 0.500. The number of hydrogen-bond acceptors (Lipinski definition) is 5. The van der Waals surface area contributed by atoms with E-state index in [9.17, 15) is 9.90 Å². The van der Waals surface area contributed by atoms with Gasteiger partial charge in [0.15, 0.2) is 0 Å². The topological polar surface area (TPSA) is 68.7 Å². The molecule has 138 valence electrons. The average molecular weight is 354 g/mol. The lowest BCUT2D eigenvalue weighted by atomic mass is 9.94. The Morgan fingerprint density at radius 2 is 2.00 bits per heavy atom. The number of carbonyl (C=O) groups excluding carboxylic acids is 1. The highest BCUT2D eigenvalue weighted by Crippen LogP contribution is 2.25. The number of nitrogens with zero attached hydrogens (tertiary/aromatic N) is 3. The van der Waals surface area contributed by atoms with Crippen molar-refractivity contribution < 1.29 is 9.90 Å². The Morgan fingerprint density at radius 1 is 1.19 bits per heavy atom. The van der Waals surface area contributed by atoms with Gasteiger partial charge in [-0.25, -0.2) is 0 Å². The predicted octanol–water partition coefficient (Wildman–Crippen LogP) is 0.502. The van der Waals surface area contributed by atoms with Crippen molar-refractivity contribution in [1.29, 1.82) is 0 Å². The predicted molar refractivity (Wildman–Crippen MR) is 101 cm³/mol. The number of aliphatic hydroxyl groups excluding tert-OH is 1. The summed E-state index contributed by atoms with van der Waals surface area (Å²) in [6, 6.07) is 10.2. The third-order valence-electron chi connectivity index (χ3n) is 5.53. The molecule has 1 aromatic carbocycles. The van der Waals surface area contributed by atoms with E-state index in [-0.39, 0.29) is 11.8 Å². The number of para-hydroxylation sites is 1. The first-order chi connectivity index (χ1) is 12.7. The first kappa shape index (κ1) is 17.4. The Balaban J connectivity index is 1.40. The highest BCUT2D eigenvalue weighted by Gasteiger charge is 2.33. The summed E-state index contributed by atoms with van der Waals surface area (Å²) in [6.45, 7) is 5.04. The number of likely N-dealkylation sites (tertiary alicyclic amines) is 1. The van der Waals surface area contributed by atoms with Crippen LogP contribution >= 0.6 is 0 Å². The summed E-state index contributed by atoms with van der Waals surface area (Å²) in [6.07, 6.45) is 2.26. The molecule has 0 aliphatic carbocycles. The van der Waals surface area contributed by atoms with Gasteiger partial charge < -0.3 is 15.3 Å².